The van der Waals surface area contributed by atoms with Gasteiger partial charge in [0, 0.05) is 24.2 Å². The summed E-state index contributed by atoms with van der Waals surface area (Å²) in [4.78, 5) is 13.9. The maximum Gasteiger partial charge on any atom is 0.229 e. The number of amides is 1. The van der Waals surface area contributed by atoms with E-state index in [2.05, 4.69) is 5.32 Å². The third-order valence-corrected chi connectivity index (χ3v) is 3.33. The van der Waals surface area contributed by atoms with Crippen LogP contribution < -0.4 is 10.2 Å². The Morgan fingerprint density at radius 1 is 1.26 bits per heavy atom. The number of carbonyl (C=O) groups excluding carboxylic acids is 1. The van der Waals surface area contributed by atoms with Crippen LogP contribution in [0, 0.1) is 11.2 Å². The van der Waals surface area contributed by atoms with Crippen molar-refractivity contribution in [3.8, 4) is 0 Å². The van der Waals surface area contributed by atoms with Crippen molar-refractivity contribution in [2.24, 2.45) is 5.41 Å². The highest BCUT2D eigenvalue weighted by molar-refractivity contribution is 5.94. The van der Waals surface area contributed by atoms with Crippen molar-refractivity contribution in [1.29, 1.82) is 0 Å². The lowest BCUT2D eigenvalue weighted by Crippen LogP contribution is -2.27. The van der Waals surface area contributed by atoms with Gasteiger partial charge in [-0.25, -0.2) is 4.39 Å². The van der Waals surface area contributed by atoms with E-state index in [0.29, 0.717) is 11.4 Å². The molecule has 2 rings (SSSR count). The Bertz CT molecular complexity index is 474. The smallest absolute Gasteiger partial charge is 0.229 e. The summed E-state index contributed by atoms with van der Waals surface area (Å²) < 4.78 is 14.1. The largest absolute Gasteiger partial charge is 0.369 e. The SMILES string of the molecule is CC(C)(C)C(=O)Nc1ccc(N2CCCC2)c(F)c1. The second-order valence-corrected chi connectivity index (χ2v) is 6.06. The molecule has 0 atom stereocenters. The Balaban J connectivity index is 2.12. The van der Waals surface area contributed by atoms with Crippen LogP contribution in [0.4, 0.5) is 15.8 Å². The van der Waals surface area contributed by atoms with Crippen molar-refractivity contribution in [3.63, 3.8) is 0 Å². The van der Waals surface area contributed by atoms with Crippen molar-refractivity contribution < 1.29 is 9.18 Å². The van der Waals surface area contributed by atoms with Crippen molar-refractivity contribution in [2.75, 3.05) is 23.3 Å². The van der Waals surface area contributed by atoms with Crippen LogP contribution in [0.1, 0.15) is 33.6 Å². The van der Waals surface area contributed by atoms with Gasteiger partial charge in [0.05, 0.1) is 5.69 Å². The van der Waals surface area contributed by atoms with E-state index in [0.717, 1.165) is 25.9 Å². The summed E-state index contributed by atoms with van der Waals surface area (Å²) in [6, 6.07) is 4.91. The van der Waals surface area contributed by atoms with Crippen LogP contribution in [-0.4, -0.2) is 19.0 Å². The molecule has 19 heavy (non-hydrogen) atoms. The Morgan fingerprint density at radius 2 is 1.89 bits per heavy atom. The summed E-state index contributed by atoms with van der Waals surface area (Å²) in [6.45, 7) is 7.31. The van der Waals surface area contributed by atoms with E-state index in [1.165, 1.54) is 6.07 Å². The zero-order valence-corrected chi connectivity index (χ0v) is 11.8. The summed E-state index contributed by atoms with van der Waals surface area (Å²) in [5.74, 6) is -0.380. The number of rotatable bonds is 2. The third kappa shape index (κ3) is 3.25. The fourth-order valence-corrected chi connectivity index (χ4v) is 2.12. The second-order valence-electron chi connectivity index (χ2n) is 6.06. The number of nitrogens with one attached hydrogen (secondary N) is 1. The summed E-state index contributed by atoms with van der Waals surface area (Å²) in [5.41, 5.74) is 0.663. The van der Waals surface area contributed by atoms with Gasteiger partial charge >= 0.3 is 0 Å². The number of anilines is 2. The van der Waals surface area contributed by atoms with Gasteiger partial charge in [-0.2, -0.15) is 0 Å². The Kier molecular flexibility index (Phi) is 3.78. The van der Waals surface area contributed by atoms with Gasteiger partial charge in [0.2, 0.25) is 5.91 Å². The van der Waals surface area contributed by atoms with Gasteiger partial charge < -0.3 is 10.2 Å². The molecule has 0 bridgehead atoms. The minimum Gasteiger partial charge on any atom is -0.369 e. The molecule has 4 heteroatoms. The van der Waals surface area contributed by atoms with Gasteiger partial charge in [-0.05, 0) is 31.0 Å². The molecule has 0 aliphatic carbocycles. The first-order valence-corrected chi connectivity index (χ1v) is 6.74. The number of carbonyl (C=O) groups is 1. The molecular formula is C15H21FN2O. The average molecular weight is 264 g/mol. The Hall–Kier alpha value is -1.58. The molecule has 0 radical (unpaired) electrons. The van der Waals surface area contributed by atoms with E-state index in [-0.39, 0.29) is 11.7 Å². The first-order chi connectivity index (χ1) is 8.88. The number of hydrogen-bond acceptors (Lipinski definition) is 2. The minimum atomic E-state index is -0.482. The molecule has 0 aromatic heterocycles. The van der Waals surface area contributed by atoms with Gasteiger partial charge in [0.25, 0.3) is 0 Å². The monoisotopic (exact) mass is 264 g/mol. The predicted molar refractivity (Wildman–Crippen MR) is 75.9 cm³/mol. The van der Waals surface area contributed by atoms with Gasteiger partial charge in [-0.3, -0.25) is 4.79 Å². The molecular weight excluding hydrogens is 243 g/mol. The Morgan fingerprint density at radius 3 is 2.42 bits per heavy atom. The van der Waals surface area contributed by atoms with Gasteiger partial charge in [0.15, 0.2) is 0 Å². The van der Waals surface area contributed by atoms with Gasteiger partial charge in [-0.1, -0.05) is 20.8 Å². The van der Waals surface area contributed by atoms with E-state index in [4.69, 9.17) is 0 Å². The summed E-state index contributed by atoms with van der Waals surface area (Å²) in [6.07, 6.45) is 2.23. The first-order valence-electron chi connectivity index (χ1n) is 6.74. The van der Waals surface area contributed by atoms with Crippen LogP contribution in [-0.2, 0) is 4.79 Å². The average Bonchev–Trinajstić information content (AvgIpc) is 2.81. The second kappa shape index (κ2) is 5.19. The first kappa shape index (κ1) is 13.8. The standard InChI is InChI=1S/C15H21FN2O/c1-15(2,3)14(19)17-11-6-7-13(12(16)10-11)18-8-4-5-9-18/h6-7,10H,4-5,8-9H2,1-3H3,(H,17,19). The fourth-order valence-electron chi connectivity index (χ4n) is 2.12. The molecule has 1 saturated heterocycles. The molecule has 1 fully saturated rings. The zero-order valence-electron chi connectivity index (χ0n) is 11.8. The van der Waals surface area contributed by atoms with Crippen molar-refractivity contribution in [1.82, 2.24) is 0 Å². The van der Waals surface area contributed by atoms with Crippen LogP contribution in [0.5, 0.6) is 0 Å². The normalized spacial score (nSPS) is 15.7. The zero-order chi connectivity index (χ0) is 14.0. The fraction of sp³-hybridized carbons (Fsp3) is 0.533. The van der Waals surface area contributed by atoms with Crippen LogP contribution in [0.25, 0.3) is 0 Å². The topological polar surface area (TPSA) is 32.3 Å². The lowest BCUT2D eigenvalue weighted by molar-refractivity contribution is -0.123. The Labute approximate surface area is 113 Å². The highest BCUT2D eigenvalue weighted by Crippen LogP contribution is 2.26. The highest BCUT2D eigenvalue weighted by Gasteiger charge is 2.22. The summed E-state index contributed by atoms with van der Waals surface area (Å²) in [7, 11) is 0. The molecule has 1 heterocycles. The van der Waals surface area contributed by atoms with Gasteiger partial charge in [0.1, 0.15) is 5.82 Å². The molecule has 1 aliphatic rings. The molecule has 0 unspecified atom stereocenters. The number of halogens is 1. The van der Waals surface area contributed by atoms with E-state index >= 15 is 0 Å². The van der Waals surface area contributed by atoms with Crippen LogP contribution in [0.3, 0.4) is 0 Å². The highest BCUT2D eigenvalue weighted by atomic mass is 19.1. The number of benzene rings is 1. The summed E-state index contributed by atoms with van der Waals surface area (Å²) >= 11 is 0. The number of nitrogens with zero attached hydrogens (tertiary/aromatic N) is 1. The summed E-state index contributed by atoms with van der Waals surface area (Å²) in [5, 5.41) is 2.74. The molecule has 1 N–H and O–H groups in total. The predicted octanol–water partition coefficient (Wildman–Crippen LogP) is 3.41. The van der Waals surface area contributed by atoms with Crippen molar-refractivity contribution >= 4 is 17.3 Å². The van der Waals surface area contributed by atoms with E-state index in [9.17, 15) is 9.18 Å². The van der Waals surface area contributed by atoms with Crippen LogP contribution in [0.2, 0.25) is 0 Å². The van der Waals surface area contributed by atoms with Crippen LogP contribution >= 0.6 is 0 Å². The third-order valence-electron chi connectivity index (χ3n) is 3.33. The van der Waals surface area contributed by atoms with Gasteiger partial charge in [-0.15, -0.1) is 0 Å². The van der Waals surface area contributed by atoms with E-state index < -0.39 is 5.41 Å². The van der Waals surface area contributed by atoms with E-state index in [1.54, 1.807) is 12.1 Å². The molecule has 0 spiro atoms. The van der Waals surface area contributed by atoms with Crippen molar-refractivity contribution in [3.05, 3.63) is 24.0 Å². The van der Waals surface area contributed by atoms with Crippen molar-refractivity contribution in [2.45, 2.75) is 33.6 Å². The quantitative estimate of drug-likeness (QED) is 0.887. The number of hydrogen-bond donors (Lipinski definition) is 1. The minimum absolute atomic E-state index is 0.110. The molecule has 0 saturated carbocycles. The molecule has 1 aliphatic heterocycles. The molecule has 1 aromatic rings. The molecule has 3 nitrogen and oxygen atoms in total. The van der Waals surface area contributed by atoms with Crippen LogP contribution in [0.15, 0.2) is 18.2 Å². The maximum absolute atomic E-state index is 14.1. The molecule has 104 valence electrons. The lowest BCUT2D eigenvalue weighted by Gasteiger charge is -2.20. The van der Waals surface area contributed by atoms with E-state index in [1.807, 2.05) is 25.7 Å². The maximum atomic E-state index is 14.1. The lowest BCUT2D eigenvalue weighted by atomic mass is 9.95. The molecule has 1 aromatic carbocycles. The molecule has 1 amide bonds.